The summed E-state index contributed by atoms with van der Waals surface area (Å²) in [7, 11) is -3.41. The molecule has 5 heteroatoms. The van der Waals surface area contributed by atoms with E-state index in [1.807, 2.05) is 0 Å². The average Bonchev–Trinajstić information content (AvgIpc) is 2.38. The standard InChI is InChI=1S/C14H24N2O2S/c1-2-3-4-5-6-7-11-16-19(17,18)14-10-8-9-13(15)12-14/h8-10,12,16H,2-7,11,15H2,1H3. The van der Waals surface area contributed by atoms with Crippen LogP contribution in [-0.4, -0.2) is 15.0 Å². The second-order valence-corrected chi connectivity index (χ2v) is 6.50. The highest BCUT2D eigenvalue weighted by atomic mass is 32.2. The van der Waals surface area contributed by atoms with Crippen LogP contribution < -0.4 is 10.5 Å². The lowest BCUT2D eigenvalue weighted by Gasteiger charge is -2.07. The summed E-state index contributed by atoms with van der Waals surface area (Å²) < 4.78 is 26.5. The summed E-state index contributed by atoms with van der Waals surface area (Å²) in [6.45, 7) is 2.67. The van der Waals surface area contributed by atoms with Crippen LogP contribution >= 0.6 is 0 Å². The van der Waals surface area contributed by atoms with Gasteiger partial charge in [-0.15, -0.1) is 0 Å². The zero-order valence-corrected chi connectivity index (χ0v) is 12.4. The number of rotatable bonds is 9. The highest BCUT2D eigenvalue weighted by molar-refractivity contribution is 7.89. The Labute approximate surface area is 116 Å². The van der Waals surface area contributed by atoms with Gasteiger partial charge in [-0.2, -0.15) is 0 Å². The Hall–Kier alpha value is -1.07. The van der Waals surface area contributed by atoms with Crippen molar-refractivity contribution in [3.8, 4) is 0 Å². The number of benzene rings is 1. The summed E-state index contributed by atoms with van der Waals surface area (Å²) in [6, 6.07) is 6.35. The quantitative estimate of drug-likeness (QED) is 0.541. The minimum absolute atomic E-state index is 0.235. The van der Waals surface area contributed by atoms with E-state index in [2.05, 4.69) is 11.6 Å². The molecule has 108 valence electrons. The molecule has 0 saturated heterocycles. The van der Waals surface area contributed by atoms with Gasteiger partial charge >= 0.3 is 0 Å². The number of sulfonamides is 1. The molecule has 0 bridgehead atoms. The summed E-state index contributed by atoms with van der Waals surface area (Å²) in [4.78, 5) is 0.235. The lowest BCUT2D eigenvalue weighted by atomic mass is 10.1. The van der Waals surface area contributed by atoms with Crippen LogP contribution in [0.3, 0.4) is 0 Å². The summed E-state index contributed by atoms with van der Waals surface area (Å²) in [5, 5.41) is 0. The summed E-state index contributed by atoms with van der Waals surface area (Å²) in [5.41, 5.74) is 6.05. The molecule has 1 aromatic carbocycles. The zero-order valence-electron chi connectivity index (χ0n) is 11.6. The van der Waals surface area contributed by atoms with Crippen molar-refractivity contribution in [1.29, 1.82) is 0 Å². The van der Waals surface area contributed by atoms with Crippen LogP contribution in [-0.2, 0) is 10.0 Å². The van der Waals surface area contributed by atoms with Crippen molar-refractivity contribution in [3.05, 3.63) is 24.3 Å². The average molecular weight is 284 g/mol. The molecule has 0 fully saturated rings. The minimum Gasteiger partial charge on any atom is -0.399 e. The van der Waals surface area contributed by atoms with Gasteiger partial charge in [0.2, 0.25) is 10.0 Å². The third kappa shape index (κ3) is 6.07. The van der Waals surface area contributed by atoms with Gasteiger partial charge in [-0.25, -0.2) is 13.1 Å². The van der Waals surface area contributed by atoms with E-state index >= 15 is 0 Å². The molecule has 0 aliphatic rings. The molecule has 0 aromatic heterocycles. The van der Waals surface area contributed by atoms with E-state index in [0.29, 0.717) is 12.2 Å². The molecule has 0 amide bonds. The van der Waals surface area contributed by atoms with Crippen LogP contribution in [0.15, 0.2) is 29.2 Å². The monoisotopic (exact) mass is 284 g/mol. The van der Waals surface area contributed by atoms with Gasteiger partial charge in [-0.05, 0) is 24.6 Å². The van der Waals surface area contributed by atoms with Crippen molar-refractivity contribution >= 4 is 15.7 Å². The fourth-order valence-electron chi connectivity index (χ4n) is 1.88. The Morgan fingerprint density at radius 3 is 2.47 bits per heavy atom. The number of unbranched alkanes of at least 4 members (excludes halogenated alkanes) is 5. The van der Waals surface area contributed by atoms with Crippen LogP contribution in [0.2, 0.25) is 0 Å². The van der Waals surface area contributed by atoms with E-state index in [1.165, 1.54) is 31.7 Å². The summed E-state index contributed by atoms with van der Waals surface area (Å²) >= 11 is 0. The van der Waals surface area contributed by atoms with Crippen LogP contribution in [0.4, 0.5) is 5.69 Å². The van der Waals surface area contributed by atoms with E-state index in [9.17, 15) is 8.42 Å². The fourth-order valence-corrected chi connectivity index (χ4v) is 3.01. The van der Waals surface area contributed by atoms with Crippen LogP contribution in [0.5, 0.6) is 0 Å². The molecular weight excluding hydrogens is 260 g/mol. The van der Waals surface area contributed by atoms with Crippen molar-refractivity contribution in [1.82, 2.24) is 4.72 Å². The minimum atomic E-state index is -3.41. The van der Waals surface area contributed by atoms with E-state index in [-0.39, 0.29) is 4.90 Å². The Balaban J connectivity index is 2.32. The number of nitrogens with one attached hydrogen (secondary N) is 1. The van der Waals surface area contributed by atoms with Crippen LogP contribution in [0.1, 0.15) is 45.4 Å². The molecule has 3 N–H and O–H groups in total. The first-order valence-electron chi connectivity index (χ1n) is 6.91. The molecule has 0 unspecified atom stereocenters. The van der Waals surface area contributed by atoms with Gasteiger partial charge in [0.25, 0.3) is 0 Å². The number of anilines is 1. The van der Waals surface area contributed by atoms with Gasteiger partial charge in [0.05, 0.1) is 4.90 Å². The van der Waals surface area contributed by atoms with Crippen LogP contribution in [0.25, 0.3) is 0 Å². The van der Waals surface area contributed by atoms with Crippen molar-refractivity contribution in [2.45, 2.75) is 50.3 Å². The number of nitrogen functional groups attached to an aromatic ring is 1. The molecule has 0 atom stereocenters. The molecule has 0 aliphatic carbocycles. The highest BCUT2D eigenvalue weighted by Gasteiger charge is 2.12. The smallest absolute Gasteiger partial charge is 0.240 e. The third-order valence-corrected chi connectivity index (χ3v) is 4.45. The first-order valence-corrected chi connectivity index (χ1v) is 8.40. The van der Waals surface area contributed by atoms with Gasteiger partial charge in [-0.3, -0.25) is 0 Å². The van der Waals surface area contributed by atoms with Crippen molar-refractivity contribution in [2.75, 3.05) is 12.3 Å². The fraction of sp³-hybridized carbons (Fsp3) is 0.571. The Morgan fingerprint density at radius 2 is 1.79 bits per heavy atom. The Morgan fingerprint density at radius 1 is 1.11 bits per heavy atom. The highest BCUT2D eigenvalue weighted by Crippen LogP contribution is 2.12. The van der Waals surface area contributed by atoms with E-state index < -0.39 is 10.0 Å². The number of nitrogens with two attached hydrogens (primary N) is 1. The van der Waals surface area contributed by atoms with Crippen molar-refractivity contribution in [2.24, 2.45) is 0 Å². The molecule has 0 saturated carbocycles. The number of hydrogen-bond donors (Lipinski definition) is 2. The van der Waals surface area contributed by atoms with Gasteiger partial charge in [-0.1, -0.05) is 45.1 Å². The SMILES string of the molecule is CCCCCCCCNS(=O)(=O)c1cccc(N)c1. The first-order chi connectivity index (χ1) is 9.06. The third-order valence-electron chi connectivity index (χ3n) is 2.99. The van der Waals surface area contributed by atoms with E-state index in [1.54, 1.807) is 18.2 Å². The Bertz CT molecular complexity index is 472. The predicted molar refractivity (Wildman–Crippen MR) is 79.4 cm³/mol. The maximum absolute atomic E-state index is 12.0. The van der Waals surface area contributed by atoms with Gasteiger partial charge < -0.3 is 5.73 Å². The molecule has 0 heterocycles. The van der Waals surface area contributed by atoms with Gasteiger partial charge in [0, 0.05) is 12.2 Å². The van der Waals surface area contributed by atoms with Crippen molar-refractivity contribution in [3.63, 3.8) is 0 Å². The van der Waals surface area contributed by atoms with Gasteiger partial charge in [0.15, 0.2) is 0 Å². The summed E-state index contributed by atoms with van der Waals surface area (Å²) in [6.07, 6.45) is 6.84. The van der Waals surface area contributed by atoms with Gasteiger partial charge in [0.1, 0.15) is 0 Å². The molecular formula is C14H24N2O2S. The zero-order chi connectivity index (χ0) is 14.1. The van der Waals surface area contributed by atoms with Crippen molar-refractivity contribution < 1.29 is 8.42 Å². The molecule has 0 radical (unpaired) electrons. The molecule has 4 nitrogen and oxygen atoms in total. The maximum Gasteiger partial charge on any atom is 0.240 e. The Kier molecular flexibility index (Phi) is 6.87. The maximum atomic E-state index is 12.0. The molecule has 1 rings (SSSR count). The number of hydrogen-bond acceptors (Lipinski definition) is 3. The largest absolute Gasteiger partial charge is 0.399 e. The lowest BCUT2D eigenvalue weighted by Crippen LogP contribution is -2.24. The normalized spacial score (nSPS) is 11.6. The lowest BCUT2D eigenvalue weighted by molar-refractivity contribution is 0.567. The topological polar surface area (TPSA) is 72.2 Å². The predicted octanol–water partition coefficient (Wildman–Crippen LogP) is 2.91. The molecule has 19 heavy (non-hydrogen) atoms. The first kappa shape index (κ1) is 16.0. The van der Waals surface area contributed by atoms with E-state index in [4.69, 9.17) is 5.73 Å². The molecule has 1 aromatic rings. The van der Waals surface area contributed by atoms with E-state index in [0.717, 1.165) is 12.8 Å². The molecule has 0 aliphatic heterocycles. The van der Waals surface area contributed by atoms with Crippen LogP contribution in [0, 0.1) is 0 Å². The second kappa shape index (κ2) is 8.17. The summed E-state index contributed by atoms with van der Waals surface area (Å²) in [5.74, 6) is 0. The second-order valence-electron chi connectivity index (χ2n) is 4.74. The molecule has 0 spiro atoms.